The van der Waals surface area contributed by atoms with Crippen molar-refractivity contribution >= 4 is 11.8 Å². The van der Waals surface area contributed by atoms with Crippen molar-refractivity contribution in [1.29, 1.82) is 0 Å². The molecule has 2 nitrogen and oxygen atoms in total. The maximum Gasteiger partial charge on any atom is 0.0301 e. The van der Waals surface area contributed by atoms with Gasteiger partial charge in [-0.15, -0.1) is 0 Å². The maximum absolute atomic E-state index is 5.43. The van der Waals surface area contributed by atoms with Crippen LogP contribution in [0.5, 0.6) is 0 Å². The molecule has 0 heterocycles. The van der Waals surface area contributed by atoms with Crippen LogP contribution in [-0.2, 0) is 0 Å². The highest BCUT2D eigenvalue weighted by Gasteiger charge is 2.04. The van der Waals surface area contributed by atoms with E-state index >= 15 is 0 Å². The Bertz CT molecular complexity index is 88.6. The lowest BCUT2D eigenvalue weighted by Crippen LogP contribution is -2.37. The molecule has 0 aromatic rings. The van der Waals surface area contributed by atoms with Crippen LogP contribution in [0.4, 0.5) is 0 Å². The highest BCUT2D eigenvalue weighted by molar-refractivity contribution is 7.99. The van der Waals surface area contributed by atoms with Gasteiger partial charge in [0.1, 0.15) is 0 Å². The second-order valence-corrected chi connectivity index (χ2v) is 4.23. The summed E-state index contributed by atoms with van der Waals surface area (Å²) in [6, 6.07) is 0.515. The highest BCUT2D eigenvalue weighted by Crippen LogP contribution is 2.08. The van der Waals surface area contributed by atoms with E-state index in [1.54, 1.807) is 0 Å². The predicted octanol–water partition coefficient (Wildman–Crippen LogP) is 2.15. The van der Waals surface area contributed by atoms with E-state index in [-0.39, 0.29) is 0 Å². The molecule has 0 aliphatic rings. The van der Waals surface area contributed by atoms with Crippen LogP contribution in [0, 0.1) is 0 Å². The Morgan fingerprint density at radius 2 is 2.08 bits per heavy atom. The Morgan fingerprint density at radius 1 is 1.33 bits per heavy atom. The summed E-state index contributed by atoms with van der Waals surface area (Å²) in [4.78, 5) is 0. The molecule has 0 aliphatic heterocycles. The lowest BCUT2D eigenvalue weighted by atomic mass is 10.1. The van der Waals surface area contributed by atoms with Crippen molar-refractivity contribution in [2.75, 3.05) is 11.5 Å². The van der Waals surface area contributed by atoms with Crippen LogP contribution in [0.2, 0.25) is 0 Å². The molecule has 0 saturated heterocycles. The molecule has 3 N–H and O–H groups in total. The molecule has 3 heteroatoms. The first-order valence-electron chi connectivity index (χ1n) is 4.89. The SMILES string of the molecule is CCCCC(CSCCC)NN. The van der Waals surface area contributed by atoms with Gasteiger partial charge in [-0.05, 0) is 18.6 Å². The molecule has 0 aromatic carbocycles. The average Bonchev–Trinajstić information content (AvgIpc) is 2.11. The van der Waals surface area contributed by atoms with Crippen LogP contribution in [0.15, 0.2) is 0 Å². The maximum atomic E-state index is 5.43. The fraction of sp³-hybridized carbons (Fsp3) is 1.00. The Morgan fingerprint density at radius 3 is 2.58 bits per heavy atom. The fourth-order valence-corrected chi connectivity index (χ4v) is 2.04. The van der Waals surface area contributed by atoms with Crippen molar-refractivity contribution < 1.29 is 0 Å². The monoisotopic (exact) mass is 190 g/mol. The minimum atomic E-state index is 0.515. The Balaban J connectivity index is 3.26. The second-order valence-electron chi connectivity index (χ2n) is 3.08. The minimum absolute atomic E-state index is 0.515. The van der Waals surface area contributed by atoms with Crippen LogP contribution >= 0.6 is 11.8 Å². The van der Waals surface area contributed by atoms with Gasteiger partial charge in [-0.2, -0.15) is 11.8 Å². The molecule has 0 amide bonds. The zero-order chi connectivity index (χ0) is 9.23. The van der Waals surface area contributed by atoms with Crippen molar-refractivity contribution in [3.63, 3.8) is 0 Å². The molecule has 0 saturated carbocycles. The van der Waals surface area contributed by atoms with Crippen LogP contribution in [0.1, 0.15) is 39.5 Å². The molecular weight excluding hydrogens is 168 g/mol. The first-order valence-corrected chi connectivity index (χ1v) is 6.04. The molecule has 0 bridgehead atoms. The van der Waals surface area contributed by atoms with Gasteiger partial charge in [0.05, 0.1) is 0 Å². The third-order valence-corrected chi connectivity index (χ3v) is 3.14. The van der Waals surface area contributed by atoms with Gasteiger partial charge in [-0.1, -0.05) is 26.7 Å². The average molecular weight is 190 g/mol. The van der Waals surface area contributed by atoms with Gasteiger partial charge < -0.3 is 0 Å². The van der Waals surface area contributed by atoms with E-state index in [2.05, 4.69) is 19.3 Å². The summed E-state index contributed by atoms with van der Waals surface area (Å²) in [5.41, 5.74) is 2.87. The van der Waals surface area contributed by atoms with Crippen LogP contribution in [0.25, 0.3) is 0 Å². The quantitative estimate of drug-likeness (QED) is 0.350. The summed E-state index contributed by atoms with van der Waals surface area (Å²) in [5.74, 6) is 7.84. The number of nitrogens with two attached hydrogens (primary N) is 1. The zero-order valence-corrected chi connectivity index (χ0v) is 9.12. The fourth-order valence-electron chi connectivity index (χ4n) is 1.04. The van der Waals surface area contributed by atoms with Gasteiger partial charge in [0.2, 0.25) is 0 Å². The summed E-state index contributed by atoms with van der Waals surface area (Å²) in [6.07, 6.45) is 5.01. The summed E-state index contributed by atoms with van der Waals surface area (Å²) in [7, 11) is 0. The van der Waals surface area contributed by atoms with Crippen molar-refractivity contribution in [2.24, 2.45) is 5.84 Å². The predicted molar refractivity (Wildman–Crippen MR) is 58.3 cm³/mol. The molecule has 0 aliphatic carbocycles. The smallest absolute Gasteiger partial charge is 0.0301 e. The number of hydrogen-bond donors (Lipinski definition) is 2. The van der Waals surface area contributed by atoms with Gasteiger partial charge in [-0.25, -0.2) is 0 Å². The topological polar surface area (TPSA) is 38.0 Å². The molecule has 0 spiro atoms. The Hall–Kier alpha value is 0.270. The number of rotatable bonds is 8. The number of nitrogens with one attached hydrogen (secondary N) is 1. The van der Waals surface area contributed by atoms with E-state index in [1.807, 2.05) is 11.8 Å². The van der Waals surface area contributed by atoms with Crippen LogP contribution < -0.4 is 11.3 Å². The van der Waals surface area contributed by atoms with Gasteiger partial charge in [0, 0.05) is 11.8 Å². The lowest BCUT2D eigenvalue weighted by molar-refractivity contribution is 0.516. The van der Waals surface area contributed by atoms with E-state index in [9.17, 15) is 0 Å². The third kappa shape index (κ3) is 6.95. The second kappa shape index (κ2) is 9.36. The van der Waals surface area contributed by atoms with Gasteiger partial charge in [0.15, 0.2) is 0 Å². The molecule has 0 rings (SSSR count). The van der Waals surface area contributed by atoms with E-state index in [0.29, 0.717) is 6.04 Å². The largest absolute Gasteiger partial charge is 0.271 e. The Labute approximate surface area is 80.6 Å². The molecule has 0 radical (unpaired) electrons. The van der Waals surface area contributed by atoms with E-state index < -0.39 is 0 Å². The zero-order valence-electron chi connectivity index (χ0n) is 8.31. The number of unbranched alkanes of at least 4 members (excludes halogenated alkanes) is 1. The van der Waals surface area contributed by atoms with Crippen LogP contribution in [0.3, 0.4) is 0 Å². The van der Waals surface area contributed by atoms with Crippen LogP contribution in [-0.4, -0.2) is 17.5 Å². The Kier molecular flexibility index (Phi) is 9.57. The highest BCUT2D eigenvalue weighted by atomic mass is 32.2. The van der Waals surface area contributed by atoms with Gasteiger partial charge >= 0.3 is 0 Å². The molecular formula is C9H22N2S. The summed E-state index contributed by atoms with van der Waals surface area (Å²) in [5, 5.41) is 0. The normalized spacial score (nSPS) is 13.2. The first-order chi connectivity index (χ1) is 5.85. The minimum Gasteiger partial charge on any atom is -0.271 e. The molecule has 0 fully saturated rings. The molecule has 1 unspecified atom stereocenters. The third-order valence-electron chi connectivity index (χ3n) is 1.81. The summed E-state index contributed by atoms with van der Waals surface area (Å²) in [6.45, 7) is 4.43. The van der Waals surface area contributed by atoms with E-state index in [4.69, 9.17) is 5.84 Å². The van der Waals surface area contributed by atoms with Gasteiger partial charge in [0.25, 0.3) is 0 Å². The summed E-state index contributed by atoms with van der Waals surface area (Å²) < 4.78 is 0. The van der Waals surface area contributed by atoms with Gasteiger partial charge in [-0.3, -0.25) is 11.3 Å². The number of hydrogen-bond acceptors (Lipinski definition) is 3. The van der Waals surface area contributed by atoms with Crippen molar-refractivity contribution in [2.45, 2.75) is 45.6 Å². The first kappa shape index (κ1) is 12.3. The van der Waals surface area contributed by atoms with E-state index in [1.165, 1.54) is 31.4 Å². The lowest BCUT2D eigenvalue weighted by Gasteiger charge is -2.14. The number of thioether (sulfide) groups is 1. The standard InChI is InChI=1S/C9H22N2S/c1-3-5-6-9(11-10)8-12-7-4-2/h9,11H,3-8,10H2,1-2H3. The van der Waals surface area contributed by atoms with E-state index in [0.717, 1.165) is 5.75 Å². The molecule has 74 valence electrons. The number of hydrazine groups is 1. The van der Waals surface area contributed by atoms with Crippen molar-refractivity contribution in [3.05, 3.63) is 0 Å². The summed E-state index contributed by atoms with van der Waals surface area (Å²) >= 11 is 1.99. The molecule has 12 heavy (non-hydrogen) atoms. The van der Waals surface area contributed by atoms with Crippen molar-refractivity contribution in [1.82, 2.24) is 5.43 Å². The molecule has 1 atom stereocenters. The van der Waals surface area contributed by atoms with Crippen molar-refractivity contribution in [3.8, 4) is 0 Å². The molecule has 0 aromatic heterocycles.